The van der Waals surface area contributed by atoms with E-state index in [0.717, 1.165) is 12.8 Å². The van der Waals surface area contributed by atoms with Gasteiger partial charge in [-0.3, -0.25) is 0 Å². The van der Waals surface area contributed by atoms with Gasteiger partial charge in [-0.1, -0.05) is 0 Å². The molecule has 0 bridgehead atoms. The van der Waals surface area contributed by atoms with Crippen molar-refractivity contribution in [2.24, 2.45) is 5.92 Å². The Morgan fingerprint density at radius 1 is 1.26 bits per heavy atom. The van der Waals surface area contributed by atoms with Crippen LogP contribution < -0.4 is 0 Å². The van der Waals surface area contributed by atoms with Crippen molar-refractivity contribution in [3.8, 4) is 0 Å². The highest BCUT2D eigenvalue weighted by Gasteiger charge is 2.38. The summed E-state index contributed by atoms with van der Waals surface area (Å²) in [4.78, 5) is 0. The van der Waals surface area contributed by atoms with Crippen LogP contribution in [0.15, 0.2) is 0 Å². The molecule has 19 heavy (non-hydrogen) atoms. The second kappa shape index (κ2) is 6.05. The molecule has 0 spiro atoms. The van der Waals surface area contributed by atoms with Crippen LogP contribution in [0, 0.1) is 5.92 Å². The van der Waals surface area contributed by atoms with Crippen LogP contribution in [0.25, 0.3) is 0 Å². The molecule has 6 nitrogen and oxygen atoms in total. The molecule has 2 aliphatic heterocycles. The van der Waals surface area contributed by atoms with E-state index in [1.165, 1.54) is 0 Å². The summed E-state index contributed by atoms with van der Waals surface area (Å²) >= 11 is 0. The Hall–Kier alpha value is -0.210. The second-order valence-corrected chi connectivity index (χ2v) is 7.48. The van der Waals surface area contributed by atoms with Crippen LogP contribution >= 0.6 is 0 Å². The van der Waals surface area contributed by atoms with E-state index in [-0.39, 0.29) is 24.7 Å². The van der Waals surface area contributed by atoms with Crippen molar-refractivity contribution in [2.75, 3.05) is 32.8 Å². The zero-order chi connectivity index (χ0) is 14.0. The molecule has 112 valence electrons. The SMILES string of the molecule is CC1CN(S(=O)(=O)N2CCC(CO)CC2)C(C)CO1. The van der Waals surface area contributed by atoms with Crippen LogP contribution in [0.4, 0.5) is 0 Å². The Bertz CT molecular complexity index is 393. The lowest BCUT2D eigenvalue weighted by Crippen LogP contribution is -2.56. The van der Waals surface area contributed by atoms with Crippen molar-refractivity contribution < 1.29 is 18.3 Å². The highest BCUT2D eigenvalue weighted by Crippen LogP contribution is 2.24. The number of rotatable bonds is 3. The van der Waals surface area contributed by atoms with Crippen molar-refractivity contribution in [2.45, 2.75) is 38.8 Å². The van der Waals surface area contributed by atoms with E-state index in [1.807, 2.05) is 13.8 Å². The molecule has 2 unspecified atom stereocenters. The minimum Gasteiger partial charge on any atom is -0.396 e. The maximum absolute atomic E-state index is 12.6. The third kappa shape index (κ3) is 3.28. The first-order valence-electron chi connectivity index (χ1n) is 6.94. The minimum absolute atomic E-state index is 0.0547. The summed E-state index contributed by atoms with van der Waals surface area (Å²) in [6.45, 7) is 5.81. The summed E-state index contributed by atoms with van der Waals surface area (Å²) in [6.07, 6.45) is 1.43. The number of hydrogen-bond acceptors (Lipinski definition) is 4. The third-order valence-electron chi connectivity index (χ3n) is 4.00. The molecule has 0 saturated carbocycles. The van der Waals surface area contributed by atoms with Gasteiger partial charge in [0, 0.05) is 32.3 Å². The van der Waals surface area contributed by atoms with Gasteiger partial charge in [-0.2, -0.15) is 17.0 Å². The number of aliphatic hydroxyl groups excluding tert-OH is 1. The van der Waals surface area contributed by atoms with Gasteiger partial charge in [0.1, 0.15) is 0 Å². The van der Waals surface area contributed by atoms with Crippen LogP contribution in [-0.2, 0) is 14.9 Å². The molecular weight excluding hydrogens is 268 g/mol. The van der Waals surface area contributed by atoms with E-state index in [4.69, 9.17) is 9.84 Å². The quantitative estimate of drug-likeness (QED) is 0.797. The van der Waals surface area contributed by atoms with Gasteiger partial charge in [-0.25, -0.2) is 0 Å². The average Bonchev–Trinajstić information content (AvgIpc) is 2.41. The number of piperidine rings is 1. The molecule has 2 atom stereocenters. The lowest BCUT2D eigenvalue weighted by molar-refractivity contribution is -0.0195. The fourth-order valence-electron chi connectivity index (χ4n) is 2.67. The number of hydrogen-bond donors (Lipinski definition) is 1. The molecule has 2 heterocycles. The van der Waals surface area contributed by atoms with Crippen molar-refractivity contribution in [3.05, 3.63) is 0 Å². The molecule has 1 N–H and O–H groups in total. The largest absolute Gasteiger partial charge is 0.396 e. The third-order valence-corrected chi connectivity index (χ3v) is 6.12. The van der Waals surface area contributed by atoms with Gasteiger partial charge >= 0.3 is 0 Å². The predicted molar refractivity (Wildman–Crippen MR) is 71.9 cm³/mol. The summed E-state index contributed by atoms with van der Waals surface area (Å²) < 4.78 is 33.8. The summed E-state index contributed by atoms with van der Waals surface area (Å²) in [5.74, 6) is 0.243. The molecule has 2 fully saturated rings. The van der Waals surface area contributed by atoms with Crippen molar-refractivity contribution in [3.63, 3.8) is 0 Å². The topological polar surface area (TPSA) is 70.1 Å². The molecule has 2 aliphatic rings. The fraction of sp³-hybridized carbons (Fsp3) is 1.00. The highest BCUT2D eigenvalue weighted by molar-refractivity contribution is 7.86. The Morgan fingerprint density at radius 2 is 1.89 bits per heavy atom. The second-order valence-electron chi connectivity index (χ2n) is 5.60. The maximum atomic E-state index is 12.6. The van der Waals surface area contributed by atoms with E-state index in [2.05, 4.69) is 0 Å². The molecule has 0 radical (unpaired) electrons. The lowest BCUT2D eigenvalue weighted by atomic mass is 10.00. The van der Waals surface area contributed by atoms with Crippen LogP contribution in [0.5, 0.6) is 0 Å². The molecule has 2 saturated heterocycles. The molecule has 2 rings (SSSR count). The van der Waals surface area contributed by atoms with Crippen molar-refractivity contribution >= 4 is 10.2 Å². The Morgan fingerprint density at radius 3 is 2.47 bits per heavy atom. The first-order chi connectivity index (χ1) is 8.95. The normalized spacial score (nSPS) is 32.6. The summed E-state index contributed by atoms with van der Waals surface area (Å²) in [7, 11) is -3.39. The Labute approximate surface area is 115 Å². The van der Waals surface area contributed by atoms with Crippen molar-refractivity contribution in [1.82, 2.24) is 8.61 Å². The van der Waals surface area contributed by atoms with Gasteiger partial charge in [-0.05, 0) is 32.6 Å². The monoisotopic (exact) mass is 292 g/mol. The molecule has 0 amide bonds. The van der Waals surface area contributed by atoms with Gasteiger partial charge < -0.3 is 9.84 Å². The number of nitrogens with zero attached hydrogens (tertiary/aromatic N) is 2. The zero-order valence-corrected chi connectivity index (χ0v) is 12.5. The Kier molecular flexibility index (Phi) is 4.84. The van der Waals surface area contributed by atoms with E-state index < -0.39 is 10.2 Å². The molecule has 0 aromatic rings. The van der Waals surface area contributed by atoms with E-state index in [0.29, 0.717) is 26.2 Å². The van der Waals surface area contributed by atoms with E-state index >= 15 is 0 Å². The van der Waals surface area contributed by atoms with Gasteiger partial charge in [0.2, 0.25) is 0 Å². The first-order valence-corrected chi connectivity index (χ1v) is 8.34. The van der Waals surface area contributed by atoms with E-state index in [9.17, 15) is 8.42 Å². The average molecular weight is 292 g/mol. The van der Waals surface area contributed by atoms with E-state index in [1.54, 1.807) is 8.61 Å². The van der Waals surface area contributed by atoms with Gasteiger partial charge in [0.25, 0.3) is 10.2 Å². The number of aliphatic hydroxyl groups is 1. The molecule has 0 aliphatic carbocycles. The number of ether oxygens (including phenoxy) is 1. The predicted octanol–water partition coefficient (Wildman–Crippen LogP) is 0.0447. The lowest BCUT2D eigenvalue weighted by Gasteiger charge is -2.40. The van der Waals surface area contributed by atoms with Crippen LogP contribution in [0.3, 0.4) is 0 Å². The van der Waals surface area contributed by atoms with Crippen LogP contribution in [0.1, 0.15) is 26.7 Å². The van der Waals surface area contributed by atoms with Crippen molar-refractivity contribution in [1.29, 1.82) is 0 Å². The molecule has 0 aromatic carbocycles. The summed E-state index contributed by atoms with van der Waals surface area (Å²) in [5.41, 5.74) is 0. The molecule has 7 heteroatoms. The Balaban J connectivity index is 2.05. The van der Waals surface area contributed by atoms with Gasteiger partial charge in [0.05, 0.1) is 12.7 Å². The maximum Gasteiger partial charge on any atom is 0.282 e. The fourth-order valence-corrected chi connectivity index (χ4v) is 4.55. The molecular formula is C12H24N2O4S. The summed E-state index contributed by atoms with van der Waals surface area (Å²) in [5, 5.41) is 9.11. The van der Waals surface area contributed by atoms with Crippen LogP contribution in [-0.4, -0.2) is 67.1 Å². The first kappa shape index (κ1) is 15.2. The smallest absolute Gasteiger partial charge is 0.282 e. The standard InChI is InChI=1S/C12H24N2O4S/c1-10-9-18-11(2)7-14(10)19(16,17)13-5-3-12(8-15)4-6-13/h10-12,15H,3-9H2,1-2H3. The van der Waals surface area contributed by atoms with Gasteiger partial charge in [0.15, 0.2) is 0 Å². The highest BCUT2D eigenvalue weighted by atomic mass is 32.2. The minimum atomic E-state index is -3.39. The number of morpholine rings is 1. The van der Waals surface area contributed by atoms with Crippen LogP contribution in [0.2, 0.25) is 0 Å². The summed E-state index contributed by atoms with van der Waals surface area (Å²) in [6, 6.07) is -0.114. The van der Waals surface area contributed by atoms with Gasteiger partial charge in [-0.15, -0.1) is 0 Å². The molecule has 0 aromatic heterocycles. The zero-order valence-electron chi connectivity index (χ0n) is 11.7.